The van der Waals surface area contributed by atoms with Crippen molar-refractivity contribution in [2.45, 2.75) is 0 Å². The second-order valence-electron chi connectivity index (χ2n) is 2.57. The van der Waals surface area contributed by atoms with Crippen LogP contribution < -0.4 is 5.73 Å². The number of hydrogen-bond acceptors (Lipinski definition) is 5. The van der Waals surface area contributed by atoms with E-state index in [-0.39, 0.29) is 5.95 Å². The summed E-state index contributed by atoms with van der Waals surface area (Å²) < 4.78 is 9.32. The second-order valence-corrected chi connectivity index (χ2v) is 3.98. The van der Waals surface area contributed by atoms with Crippen LogP contribution in [0.3, 0.4) is 0 Å². The summed E-state index contributed by atoms with van der Waals surface area (Å²) in [5.41, 5.74) is 6.75. The third-order valence-corrected chi connectivity index (χ3v) is 1.62. The monoisotopic (exact) mass is 265 g/mol. The summed E-state index contributed by atoms with van der Waals surface area (Å²) >= 11 is 4.91. The van der Waals surface area contributed by atoms with Crippen molar-refractivity contribution in [1.29, 1.82) is 0 Å². The third-order valence-electron chi connectivity index (χ3n) is 1.32. The summed E-state index contributed by atoms with van der Waals surface area (Å²) in [6.45, 7) is 0. The lowest BCUT2D eigenvalue weighted by molar-refractivity contribution is 0.275. The minimum atomic E-state index is -4.64. The molecule has 0 fully saturated rings. The molecule has 2 aromatic rings. The van der Waals surface area contributed by atoms with Gasteiger partial charge in [0.1, 0.15) is 5.52 Å². The Kier molecular flexibility index (Phi) is 3.73. The molecule has 88 valence electrons. The Bertz CT molecular complexity index is 579. The molecule has 0 aromatic carbocycles. The van der Waals surface area contributed by atoms with E-state index < -0.39 is 7.82 Å². The van der Waals surface area contributed by atoms with E-state index in [1.54, 1.807) is 0 Å². The largest absolute Gasteiger partial charge is 0.466 e. The summed E-state index contributed by atoms with van der Waals surface area (Å²) in [5, 5.41) is 0. The Hall–Kier alpha value is -1.32. The maximum Gasteiger partial charge on any atom is 0.466 e. The topological polar surface area (TPSA) is 161 Å². The van der Waals surface area contributed by atoms with Gasteiger partial charge in [-0.15, -0.1) is 0 Å². The van der Waals surface area contributed by atoms with Crippen LogP contribution in [0.5, 0.6) is 0 Å². The van der Waals surface area contributed by atoms with Crippen molar-refractivity contribution in [2.75, 3.05) is 5.73 Å². The van der Waals surface area contributed by atoms with Crippen LogP contribution in [0.4, 0.5) is 5.95 Å². The quantitative estimate of drug-likeness (QED) is 0.278. The first kappa shape index (κ1) is 12.7. The molecule has 0 unspecified atom stereocenters. The maximum atomic E-state index is 8.88. The lowest BCUT2D eigenvalue weighted by Gasteiger charge is -1.91. The first-order valence-electron chi connectivity index (χ1n) is 3.74. The molecule has 2 heterocycles. The second kappa shape index (κ2) is 4.68. The number of aromatic nitrogens is 4. The number of H-pyrrole nitrogens is 2. The van der Waals surface area contributed by atoms with Gasteiger partial charge in [-0.1, -0.05) is 12.2 Å². The molecule has 0 aliphatic rings. The highest BCUT2D eigenvalue weighted by atomic mass is 32.1. The fraction of sp³-hybridized carbons (Fsp3) is 0. The highest BCUT2D eigenvalue weighted by molar-refractivity contribution is 7.71. The van der Waals surface area contributed by atoms with Crippen molar-refractivity contribution in [3.63, 3.8) is 0 Å². The van der Waals surface area contributed by atoms with Gasteiger partial charge in [-0.05, 0) is 0 Å². The van der Waals surface area contributed by atoms with Gasteiger partial charge < -0.3 is 30.4 Å². The lowest BCUT2D eigenvalue weighted by atomic mass is 10.6. The molecular formula is C5H8N5O4PS. The zero-order chi connectivity index (χ0) is 12.3. The van der Waals surface area contributed by atoms with Gasteiger partial charge in [-0.25, -0.2) is 14.5 Å². The molecule has 0 saturated heterocycles. The molecule has 0 saturated carbocycles. The molecule has 9 nitrogen and oxygen atoms in total. The van der Waals surface area contributed by atoms with E-state index in [0.717, 1.165) is 0 Å². The van der Waals surface area contributed by atoms with Crippen molar-refractivity contribution in [3.8, 4) is 0 Å². The summed E-state index contributed by atoms with van der Waals surface area (Å²) in [6, 6.07) is 0. The Morgan fingerprint density at radius 2 is 2.00 bits per heavy atom. The van der Waals surface area contributed by atoms with Crippen molar-refractivity contribution >= 4 is 37.2 Å². The van der Waals surface area contributed by atoms with Crippen molar-refractivity contribution in [3.05, 3.63) is 11.0 Å². The number of hydrogen-bond donors (Lipinski definition) is 6. The average Bonchev–Trinajstić information content (AvgIpc) is 2.47. The molecule has 11 heteroatoms. The number of phosphoric acid groups is 1. The molecule has 2 rings (SSSR count). The van der Waals surface area contributed by atoms with Crippen molar-refractivity contribution in [2.24, 2.45) is 0 Å². The Morgan fingerprint density at radius 3 is 2.56 bits per heavy atom. The van der Waals surface area contributed by atoms with Crippen LogP contribution in [0, 0.1) is 4.64 Å². The number of rotatable bonds is 0. The van der Waals surface area contributed by atoms with Gasteiger partial charge in [0.05, 0.1) is 6.33 Å². The number of fused-ring (bicyclic) bond motifs is 1. The minimum Gasteiger partial charge on any atom is -0.369 e. The van der Waals surface area contributed by atoms with E-state index in [2.05, 4.69) is 19.9 Å². The molecule has 0 radical (unpaired) electrons. The Labute approximate surface area is 93.6 Å². The summed E-state index contributed by atoms with van der Waals surface area (Å²) in [4.78, 5) is 35.0. The molecule has 0 amide bonds. The summed E-state index contributed by atoms with van der Waals surface area (Å²) in [7, 11) is -4.64. The van der Waals surface area contributed by atoms with E-state index in [0.29, 0.717) is 15.8 Å². The minimum absolute atomic E-state index is 0.287. The smallest absolute Gasteiger partial charge is 0.369 e. The third kappa shape index (κ3) is 4.04. The zero-order valence-electron chi connectivity index (χ0n) is 7.65. The molecule has 0 aliphatic carbocycles. The molecule has 2 aromatic heterocycles. The number of nitrogens with two attached hydrogens (primary N) is 1. The number of nitrogens with zero attached hydrogens (tertiary/aromatic N) is 2. The molecule has 0 atom stereocenters. The predicted molar refractivity (Wildman–Crippen MR) is 57.7 cm³/mol. The van der Waals surface area contributed by atoms with E-state index in [9.17, 15) is 0 Å². The lowest BCUT2D eigenvalue weighted by Crippen LogP contribution is -1.94. The molecule has 0 aliphatic heterocycles. The van der Waals surface area contributed by atoms with Crippen LogP contribution in [0.1, 0.15) is 0 Å². The number of aromatic amines is 2. The molecule has 0 spiro atoms. The van der Waals surface area contributed by atoms with E-state index in [1.807, 2.05) is 0 Å². The first-order chi connectivity index (χ1) is 7.27. The van der Waals surface area contributed by atoms with Crippen LogP contribution in [-0.4, -0.2) is 34.6 Å². The van der Waals surface area contributed by atoms with Gasteiger partial charge in [0.25, 0.3) is 0 Å². The first-order valence-corrected chi connectivity index (χ1v) is 5.72. The van der Waals surface area contributed by atoms with E-state index >= 15 is 0 Å². The van der Waals surface area contributed by atoms with Crippen LogP contribution in [0.25, 0.3) is 11.2 Å². The number of anilines is 1. The van der Waals surface area contributed by atoms with E-state index in [4.69, 9.17) is 37.2 Å². The molecule has 0 bridgehead atoms. The number of nitrogens with one attached hydrogen (secondary N) is 2. The van der Waals surface area contributed by atoms with Crippen LogP contribution in [-0.2, 0) is 4.57 Å². The van der Waals surface area contributed by atoms with Crippen molar-refractivity contribution < 1.29 is 19.2 Å². The number of imidazole rings is 1. The highest BCUT2D eigenvalue weighted by Gasteiger charge is 2.00. The predicted octanol–water partition coefficient (Wildman–Crippen LogP) is -0.331. The number of nitrogen functional groups attached to an aromatic ring is 1. The maximum absolute atomic E-state index is 8.88. The van der Waals surface area contributed by atoms with Gasteiger partial charge in [-0.2, -0.15) is 0 Å². The molecular weight excluding hydrogens is 257 g/mol. The van der Waals surface area contributed by atoms with Crippen LogP contribution in [0.15, 0.2) is 6.33 Å². The fourth-order valence-electron chi connectivity index (χ4n) is 0.867. The summed E-state index contributed by atoms with van der Waals surface area (Å²) in [6.07, 6.45) is 1.54. The van der Waals surface area contributed by atoms with Gasteiger partial charge in [0.15, 0.2) is 10.3 Å². The van der Waals surface area contributed by atoms with Gasteiger partial charge in [0, 0.05) is 0 Å². The van der Waals surface area contributed by atoms with Gasteiger partial charge >= 0.3 is 7.82 Å². The molecule has 16 heavy (non-hydrogen) atoms. The standard InChI is InChI=1S/C5H5N5S.H3O4P/c6-5-9-3-2(4(11)10-5)7-1-8-3;1-5(2,3)4/h1H,(H4,6,7,8,9,10,11);(H3,1,2,3,4). The fourth-order valence-corrected chi connectivity index (χ4v) is 1.12. The van der Waals surface area contributed by atoms with Crippen LogP contribution in [0.2, 0.25) is 0 Å². The summed E-state index contributed by atoms with van der Waals surface area (Å²) in [5.74, 6) is 0.287. The normalized spacial score (nSPS) is 10.9. The average molecular weight is 265 g/mol. The highest BCUT2D eigenvalue weighted by Crippen LogP contribution is 2.25. The van der Waals surface area contributed by atoms with E-state index in [1.165, 1.54) is 6.33 Å². The zero-order valence-corrected chi connectivity index (χ0v) is 9.37. The Morgan fingerprint density at radius 1 is 1.44 bits per heavy atom. The Balaban J connectivity index is 0.000000221. The van der Waals surface area contributed by atoms with Gasteiger partial charge in [0.2, 0.25) is 5.95 Å². The van der Waals surface area contributed by atoms with Gasteiger partial charge in [-0.3, -0.25) is 0 Å². The SMILES string of the molecule is Nc1nc(=S)c2[nH]cnc2[nH]1.O=P(O)(O)O. The van der Waals surface area contributed by atoms with Crippen LogP contribution >= 0.6 is 20.0 Å². The molecule has 7 N–H and O–H groups in total. The van der Waals surface area contributed by atoms with Crippen molar-refractivity contribution in [1.82, 2.24) is 19.9 Å².